The minimum atomic E-state index is -1.07. The first-order valence-electron chi connectivity index (χ1n) is 9.13. The van der Waals surface area contributed by atoms with Crippen LogP contribution in [-0.4, -0.2) is 36.2 Å². The fraction of sp³-hybridized carbons (Fsp3) is 0.273. The molecule has 0 fully saturated rings. The average Bonchev–Trinajstić information content (AvgIpc) is 2.65. The predicted octanol–water partition coefficient (Wildman–Crippen LogP) is 2.81. The molecule has 2 aromatic rings. The Morgan fingerprint density at radius 1 is 0.966 bits per heavy atom. The van der Waals surface area contributed by atoms with Crippen LogP contribution in [0.2, 0.25) is 0 Å². The van der Waals surface area contributed by atoms with E-state index < -0.39 is 23.9 Å². The van der Waals surface area contributed by atoms with Crippen molar-refractivity contribution >= 4 is 29.3 Å². The summed E-state index contributed by atoms with van der Waals surface area (Å²) >= 11 is 0. The molecule has 2 rings (SSSR count). The zero-order valence-corrected chi connectivity index (χ0v) is 16.9. The number of rotatable bonds is 7. The topological polar surface area (TPSA) is 102 Å². The number of nitrogens with one attached hydrogen (secondary N) is 2. The third-order valence-electron chi connectivity index (χ3n) is 4.09. The third kappa shape index (κ3) is 6.57. The van der Waals surface area contributed by atoms with Gasteiger partial charge in [-0.15, -0.1) is 0 Å². The molecule has 0 aliphatic rings. The lowest BCUT2D eigenvalue weighted by Crippen LogP contribution is -2.35. The summed E-state index contributed by atoms with van der Waals surface area (Å²) in [6.07, 6.45) is -1.07. The van der Waals surface area contributed by atoms with E-state index in [9.17, 15) is 19.2 Å². The molecule has 152 valence electrons. The molecule has 2 amide bonds. The highest BCUT2D eigenvalue weighted by Gasteiger charge is 2.19. The summed E-state index contributed by atoms with van der Waals surface area (Å²) in [5, 5.41) is 5.07. The quantitative estimate of drug-likeness (QED) is 0.554. The molecule has 0 spiro atoms. The van der Waals surface area contributed by atoms with Crippen molar-refractivity contribution in [3.63, 3.8) is 0 Å². The number of ketones is 1. The highest BCUT2D eigenvalue weighted by Crippen LogP contribution is 2.12. The Morgan fingerprint density at radius 3 is 2.24 bits per heavy atom. The second-order valence-corrected chi connectivity index (χ2v) is 6.82. The Hall–Kier alpha value is -3.48. The van der Waals surface area contributed by atoms with E-state index in [2.05, 4.69) is 10.6 Å². The predicted molar refractivity (Wildman–Crippen MR) is 109 cm³/mol. The molecule has 0 aliphatic carbocycles. The van der Waals surface area contributed by atoms with Crippen LogP contribution < -0.4 is 10.6 Å². The number of benzene rings is 2. The lowest BCUT2D eigenvalue weighted by atomic mass is 10.1. The normalized spacial score (nSPS) is 11.3. The van der Waals surface area contributed by atoms with Gasteiger partial charge in [0.05, 0.1) is 0 Å². The molecule has 0 saturated carbocycles. The van der Waals surface area contributed by atoms with E-state index in [0.29, 0.717) is 16.8 Å². The second-order valence-electron chi connectivity index (χ2n) is 6.82. The van der Waals surface area contributed by atoms with Crippen LogP contribution in [0.4, 0.5) is 5.69 Å². The van der Waals surface area contributed by atoms with Crippen molar-refractivity contribution in [3.8, 4) is 0 Å². The largest absolute Gasteiger partial charge is 0.451 e. The van der Waals surface area contributed by atoms with Crippen LogP contribution in [0.25, 0.3) is 0 Å². The molecule has 0 aliphatic heterocycles. The molecule has 7 heteroatoms. The highest BCUT2D eigenvalue weighted by atomic mass is 16.5. The molecule has 0 heterocycles. The molecule has 7 nitrogen and oxygen atoms in total. The Labute approximate surface area is 169 Å². The van der Waals surface area contributed by atoms with Gasteiger partial charge in [0.25, 0.3) is 11.8 Å². The number of amides is 2. The van der Waals surface area contributed by atoms with Crippen LogP contribution in [0.15, 0.2) is 42.5 Å². The van der Waals surface area contributed by atoms with Crippen molar-refractivity contribution < 1.29 is 23.9 Å². The molecule has 0 aromatic heterocycles. The Kier molecular flexibility index (Phi) is 7.25. The van der Waals surface area contributed by atoms with Crippen LogP contribution in [0, 0.1) is 13.8 Å². The molecule has 0 radical (unpaired) electrons. The van der Waals surface area contributed by atoms with Crippen LogP contribution in [0.3, 0.4) is 0 Å². The van der Waals surface area contributed by atoms with Crippen LogP contribution in [0.5, 0.6) is 0 Å². The van der Waals surface area contributed by atoms with Crippen LogP contribution >= 0.6 is 0 Å². The Morgan fingerprint density at radius 2 is 1.62 bits per heavy atom. The van der Waals surface area contributed by atoms with E-state index >= 15 is 0 Å². The summed E-state index contributed by atoms with van der Waals surface area (Å²) in [6.45, 7) is 6.25. The first kappa shape index (κ1) is 21.8. The first-order valence-corrected chi connectivity index (χ1v) is 9.13. The number of carbonyl (C=O) groups excluding carboxylic acids is 4. The van der Waals surface area contributed by atoms with E-state index in [1.54, 1.807) is 36.4 Å². The standard InChI is InChI=1S/C22H24N2O5/c1-13-8-14(2)10-18(9-13)22(28)23-12-20(26)29-16(4)21(27)24-19-7-5-6-17(11-19)15(3)25/h5-11,16H,12H2,1-4H3,(H,23,28)(H,24,27)/t16-/m0/s1. The molecule has 2 aromatic carbocycles. The van der Waals surface area contributed by atoms with Crippen molar-refractivity contribution in [1.29, 1.82) is 0 Å². The summed E-state index contributed by atoms with van der Waals surface area (Å²) < 4.78 is 5.06. The Bertz CT molecular complexity index is 932. The number of ether oxygens (including phenoxy) is 1. The van der Waals surface area contributed by atoms with Gasteiger partial charge in [0.15, 0.2) is 11.9 Å². The molecular formula is C22H24N2O5. The lowest BCUT2D eigenvalue weighted by molar-refractivity contribution is -0.152. The minimum absolute atomic E-state index is 0.125. The number of esters is 1. The van der Waals surface area contributed by atoms with Gasteiger partial charge in [0.2, 0.25) is 0 Å². The van der Waals surface area contributed by atoms with Gasteiger partial charge in [-0.05, 0) is 52.0 Å². The average molecular weight is 396 g/mol. The molecular weight excluding hydrogens is 372 g/mol. The maximum absolute atomic E-state index is 12.2. The maximum atomic E-state index is 12.2. The van der Waals surface area contributed by atoms with Gasteiger partial charge in [-0.2, -0.15) is 0 Å². The number of Topliss-reactive ketones (excluding diaryl/α,β-unsaturated/α-hetero) is 1. The summed E-state index contributed by atoms with van der Waals surface area (Å²) in [5.41, 5.74) is 3.22. The zero-order chi connectivity index (χ0) is 21.6. The van der Waals surface area contributed by atoms with E-state index in [4.69, 9.17) is 4.74 Å². The van der Waals surface area contributed by atoms with Gasteiger partial charge in [0, 0.05) is 16.8 Å². The van der Waals surface area contributed by atoms with Crippen molar-refractivity contribution in [2.45, 2.75) is 33.8 Å². The number of hydrogen-bond donors (Lipinski definition) is 2. The third-order valence-corrected chi connectivity index (χ3v) is 4.09. The van der Waals surface area contributed by atoms with Crippen molar-refractivity contribution in [3.05, 3.63) is 64.7 Å². The van der Waals surface area contributed by atoms with Gasteiger partial charge in [-0.25, -0.2) is 0 Å². The lowest BCUT2D eigenvalue weighted by Gasteiger charge is -2.14. The molecule has 2 N–H and O–H groups in total. The summed E-state index contributed by atoms with van der Waals surface area (Å²) in [5.74, 6) is -1.80. The van der Waals surface area contributed by atoms with E-state index in [0.717, 1.165) is 11.1 Å². The van der Waals surface area contributed by atoms with E-state index in [1.165, 1.54) is 13.8 Å². The Balaban J connectivity index is 1.86. The fourth-order valence-electron chi connectivity index (χ4n) is 2.71. The maximum Gasteiger partial charge on any atom is 0.326 e. The summed E-state index contributed by atoms with van der Waals surface area (Å²) in [7, 11) is 0. The van der Waals surface area contributed by atoms with Gasteiger partial charge in [0.1, 0.15) is 6.54 Å². The van der Waals surface area contributed by atoms with Gasteiger partial charge in [-0.3, -0.25) is 19.2 Å². The minimum Gasteiger partial charge on any atom is -0.451 e. The monoisotopic (exact) mass is 396 g/mol. The van der Waals surface area contributed by atoms with E-state index in [1.807, 2.05) is 19.9 Å². The van der Waals surface area contributed by atoms with Crippen molar-refractivity contribution in [2.75, 3.05) is 11.9 Å². The number of anilines is 1. The van der Waals surface area contributed by atoms with Crippen molar-refractivity contribution in [2.24, 2.45) is 0 Å². The first-order chi connectivity index (χ1) is 13.7. The molecule has 0 bridgehead atoms. The van der Waals surface area contributed by atoms with Crippen LogP contribution in [-0.2, 0) is 14.3 Å². The number of aryl methyl sites for hydroxylation is 2. The molecule has 0 unspecified atom stereocenters. The van der Waals surface area contributed by atoms with Crippen LogP contribution in [0.1, 0.15) is 45.7 Å². The van der Waals surface area contributed by atoms with E-state index in [-0.39, 0.29) is 12.3 Å². The SMILES string of the molecule is CC(=O)c1cccc(NC(=O)[C@H](C)OC(=O)CNC(=O)c2cc(C)cc(C)c2)c1. The van der Waals surface area contributed by atoms with Gasteiger partial charge >= 0.3 is 5.97 Å². The fourth-order valence-corrected chi connectivity index (χ4v) is 2.71. The molecule has 0 saturated heterocycles. The van der Waals surface area contributed by atoms with Crippen molar-refractivity contribution in [1.82, 2.24) is 5.32 Å². The molecule has 1 atom stereocenters. The highest BCUT2D eigenvalue weighted by molar-refractivity contribution is 5.99. The summed E-state index contributed by atoms with van der Waals surface area (Å²) in [6, 6.07) is 11.8. The van der Waals surface area contributed by atoms with Gasteiger partial charge in [-0.1, -0.05) is 29.3 Å². The number of carbonyl (C=O) groups is 4. The molecule has 29 heavy (non-hydrogen) atoms. The summed E-state index contributed by atoms with van der Waals surface area (Å²) in [4.78, 5) is 47.8. The van der Waals surface area contributed by atoms with Gasteiger partial charge < -0.3 is 15.4 Å². The second kappa shape index (κ2) is 9.64. The number of hydrogen-bond acceptors (Lipinski definition) is 5. The smallest absolute Gasteiger partial charge is 0.326 e. The zero-order valence-electron chi connectivity index (χ0n) is 16.9.